The Bertz CT molecular complexity index is 676. The quantitative estimate of drug-likeness (QED) is 0.711. The highest BCUT2D eigenvalue weighted by Crippen LogP contribution is 2.27. The second kappa shape index (κ2) is 7.66. The second-order valence-electron chi connectivity index (χ2n) is 5.69. The molecular formula is C17H22N4OS. The lowest BCUT2D eigenvalue weighted by molar-refractivity contribution is -0.118. The Morgan fingerprint density at radius 3 is 3.09 bits per heavy atom. The number of fused-ring (bicyclic) bond motifs is 1. The summed E-state index contributed by atoms with van der Waals surface area (Å²) in [6.45, 7) is 4.65. The number of nitrogens with zero attached hydrogens (tertiary/aromatic N) is 1. The number of imidazole rings is 1. The first-order valence-electron chi connectivity index (χ1n) is 7.94. The summed E-state index contributed by atoms with van der Waals surface area (Å²) < 4.78 is 0. The Hall–Kier alpha value is -1.79. The van der Waals surface area contributed by atoms with Crippen LogP contribution in [0.3, 0.4) is 0 Å². The van der Waals surface area contributed by atoms with E-state index in [0.717, 1.165) is 36.4 Å². The zero-order valence-corrected chi connectivity index (χ0v) is 14.1. The zero-order valence-electron chi connectivity index (χ0n) is 13.3. The maximum Gasteiger partial charge on any atom is 0.230 e. The fraction of sp³-hybridized carbons (Fsp3) is 0.412. The molecule has 0 fully saturated rings. The summed E-state index contributed by atoms with van der Waals surface area (Å²) in [6.07, 6.45) is 3.18. The maximum atomic E-state index is 12.0. The molecule has 2 aromatic rings. The van der Waals surface area contributed by atoms with Crippen molar-refractivity contribution in [3.8, 4) is 0 Å². The summed E-state index contributed by atoms with van der Waals surface area (Å²) in [5.41, 5.74) is 3.32. The lowest BCUT2D eigenvalue weighted by Gasteiger charge is -2.15. The minimum Gasteiger partial charge on any atom is -0.352 e. The van der Waals surface area contributed by atoms with Gasteiger partial charge in [-0.25, -0.2) is 4.98 Å². The summed E-state index contributed by atoms with van der Waals surface area (Å²) in [5.74, 6) is 1.45. The molecule has 0 aliphatic carbocycles. The van der Waals surface area contributed by atoms with Gasteiger partial charge >= 0.3 is 0 Å². The SMILES string of the molecule is CC(SCC(=O)NCC1=CCNCC1)c1nc2ccccc2[nH]1. The number of hydrogen-bond acceptors (Lipinski definition) is 4. The fourth-order valence-corrected chi connectivity index (χ4v) is 3.31. The molecule has 6 heteroatoms. The van der Waals surface area contributed by atoms with Crippen LogP contribution < -0.4 is 10.6 Å². The molecule has 2 heterocycles. The molecule has 1 atom stereocenters. The third-order valence-corrected chi connectivity index (χ3v) is 5.08. The van der Waals surface area contributed by atoms with Crippen LogP contribution in [0.1, 0.15) is 24.4 Å². The lowest BCUT2D eigenvalue weighted by Crippen LogP contribution is -2.30. The molecule has 1 aliphatic rings. The van der Waals surface area contributed by atoms with Crippen LogP contribution in [0, 0.1) is 0 Å². The average Bonchev–Trinajstić information content (AvgIpc) is 3.03. The van der Waals surface area contributed by atoms with Crippen LogP contribution in [0.4, 0.5) is 0 Å². The van der Waals surface area contributed by atoms with E-state index in [1.807, 2.05) is 24.3 Å². The van der Waals surface area contributed by atoms with Crippen LogP contribution in [0.25, 0.3) is 11.0 Å². The molecular weight excluding hydrogens is 308 g/mol. The van der Waals surface area contributed by atoms with Gasteiger partial charge in [-0.15, -0.1) is 11.8 Å². The van der Waals surface area contributed by atoms with E-state index >= 15 is 0 Å². The largest absolute Gasteiger partial charge is 0.352 e. The van der Waals surface area contributed by atoms with Gasteiger partial charge in [-0.1, -0.05) is 23.8 Å². The fourth-order valence-electron chi connectivity index (χ4n) is 2.54. The molecule has 5 nitrogen and oxygen atoms in total. The molecule has 0 radical (unpaired) electrons. The van der Waals surface area contributed by atoms with E-state index in [1.54, 1.807) is 11.8 Å². The highest BCUT2D eigenvalue weighted by atomic mass is 32.2. The number of aromatic nitrogens is 2. The van der Waals surface area contributed by atoms with E-state index in [0.29, 0.717) is 12.3 Å². The Balaban J connectivity index is 1.47. The monoisotopic (exact) mass is 330 g/mol. The molecule has 122 valence electrons. The van der Waals surface area contributed by atoms with Crippen molar-refractivity contribution < 1.29 is 4.79 Å². The van der Waals surface area contributed by atoms with E-state index < -0.39 is 0 Å². The van der Waals surface area contributed by atoms with Gasteiger partial charge in [0.05, 0.1) is 22.0 Å². The smallest absolute Gasteiger partial charge is 0.230 e. The molecule has 0 saturated heterocycles. The van der Waals surface area contributed by atoms with Gasteiger partial charge in [-0.3, -0.25) is 4.79 Å². The predicted octanol–water partition coefficient (Wildman–Crippen LogP) is 2.39. The summed E-state index contributed by atoms with van der Waals surface area (Å²) >= 11 is 1.60. The van der Waals surface area contributed by atoms with Gasteiger partial charge < -0.3 is 15.6 Å². The first kappa shape index (κ1) is 16.1. The minimum atomic E-state index is 0.0809. The van der Waals surface area contributed by atoms with Crippen molar-refractivity contribution in [1.29, 1.82) is 0 Å². The number of benzene rings is 1. The number of carbonyl (C=O) groups excluding carboxylic acids is 1. The van der Waals surface area contributed by atoms with Crippen molar-refractivity contribution in [1.82, 2.24) is 20.6 Å². The number of carbonyl (C=O) groups is 1. The van der Waals surface area contributed by atoms with Crippen molar-refractivity contribution in [2.45, 2.75) is 18.6 Å². The Kier molecular flexibility index (Phi) is 5.35. The number of amides is 1. The highest BCUT2D eigenvalue weighted by molar-refractivity contribution is 8.00. The van der Waals surface area contributed by atoms with Gasteiger partial charge in [0.1, 0.15) is 5.82 Å². The molecule has 1 unspecified atom stereocenters. The van der Waals surface area contributed by atoms with Crippen molar-refractivity contribution in [2.75, 3.05) is 25.4 Å². The summed E-state index contributed by atoms with van der Waals surface area (Å²) in [4.78, 5) is 19.9. The number of hydrogen-bond donors (Lipinski definition) is 3. The Labute approximate surface area is 140 Å². The number of rotatable bonds is 6. The molecule has 23 heavy (non-hydrogen) atoms. The molecule has 1 aromatic carbocycles. The molecule has 0 spiro atoms. The van der Waals surface area contributed by atoms with Crippen LogP contribution in [0.5, 0.6) is 0 Å². The van der Waals surface area contributed by atoms with Gasteiger partial charge in [-0.05, 0) is 32.0 Å². The predicted molar refractivity (Wildman–Crippen MR) is 95.5 cm³/mol. The summed E-state index contributed by atoms with van der Waals surface area (Å²) in [7, 11) is 0. The topological polar surface area (TPSA) is 69.8 Å². The number of thioether (sulfide) groups is 1. The lowest BCUT2D eigenvalue weighted by atomic mass is 10.1. The normalized spacial score (nSPS) is 16.1. The van der Waals surface area contributed by atoms with Crippen LogP contribution in [0.2, 0.25) is 0 Å². The molecule has 0 bridgehead atoms. The Morgan fingerprint density at radius 1 is 1.43 bits per heavy atom. The van der Waals surface area contributed by atoms with E-state index in [4.69, 9.17) is 0 Å². The zero-order chi connectivity index (χ0) is 16.1. The van der Waals surface area contributed by atoms with Crippen molar-refractivity contribution in [3.05, 3.63) is 41.7 Å². The van der Waals surface area contributed by atoms with Crippen molar-refractivity contribution in [3.63, 3.8) is 0 Å². The van der Waals surface area contributed by atoms with Gasteiger partial charge in [-0.2, -0.15) is 0 Å². The summed E-state index contributed by atoms with van der Waals surface area (Å²) in [5, 5.41) is 6.43. The van der Waals surface area contributed by atoms with Crippen LogP contribution in [-0.4, -0.2) is 41.3 Å². The third-order valence-electron chi connectivity index (χ3n) is 3.93. The molecule has 3 rings (SSSR count). The molecule has 1 aliphatic heterocycles. The molecule has 0 saturated carbocycles. The van der Waals surface area contributed by atoms with Gasteiger partial charge in [0.15, 0.2) is 0 Å². The van der Waals surface area contributed by atoms with Crippen molar-refractivity contribution >= 4 is 28.7 Å². The third kappa shape index (κ3) is 4.36. The number of para-hydroxylation sites is 2. The number of nitrogens with one attached hydrogen (secondary N) is 3. The van der Waals surface area contributed by atoms with Gasteiger partial charge in [0.2, 0.25) is 5.91 Å². The maximum absolute atomic E-state index is 12.0. The van der Waals surface area contributed by atoms with E-state index in [2.05, 4.69) is 33.6 Å². The average molecular weight is 330 g/mol. The molecule has 1 aromatic heterocycles. The minimum absolute atomic E-state index is 0.0809. The van der Waals surface area contributed by atoms with E-state index in [1.165, 1.54) is 5.57 Å². The van der Waals surface area contributed by atoms with E-state index in [9.17, 15) is 4.79 Å². The van der Waals surface area contributed by atoms with Crippen molar-refractivity contribution in [2.24, 2.45) is 0 Å². The second-order valence-corrected chi connectivity index (χ2v) is 7.01. The first-order valence-corrected chi connectivity index (χ1v) is 8.99. The van der Waals surface area contributed by atoms with Crippen LogP contribution in [-0.2, 0) is 4.79 Å². The summed E-state index contributed by atoms with van der Waals surface area (Å²) in [6, 6.07) is 7.98. The number of H-pyrrole nitrogens is 1. The van der Waals surface area contributed by atoms with Gasteiger partial charge in [0, 0.05) is 13.1 Å². The standard InChI is InChI=1S/C17H22N4OS/c1-12(17-20-14-4-2-3-5-15(14)21-17)23-11-16(22)19-10-13-6-8-18-9-7-13/h2-6,12,18H,7-11H2,1H3,(H,19,22)(H,20,21). The van der Waals surface area contributed by atoms with Gasteiger partial charge in [0.25, 0.3) is 0 Å². The van der Waals surface area contributed by atoms with E-state index in [-0.39, 0.29) is 11.2 Å². The molecule has 3 N–H and O–H groups in total. The Morgan fingerprint density at radius 2 is 2.30 bits per heavy atom. The first-order chi connectivity index (χ1) is 11.2. The number of aromatic amines is 1. The highest BCUT2D eigenvalue weighted by Gasteiger charge is 2.13. The molecule has 1 amide bonds. The van der Waals surface area contributed by atoms with Crippen LogP contribution >= 0.6 is 11.8 Å². The van der Waals surface area contributed by atoms with Crippen LogP contribution in [0.15, 0.2) is 35.9 Å².